The summed E-state index contributed by atoms with van der Waals surface area (Å²) in [5, 5.41) is 9.62. The first kappa shape index (κ1) is 17.7. The number of rotatable bonds is 5. The number of anilines is 1. The zero-order chi connectivity index (χ0) is 19.1. The maximum absolute atomic E-state index is 10.9. The van der Waals surface area contributed by atoms with Crippen molar-refractivity contribution in [2.45, 2.75) is 33.1 Å². The van der Waals surface area contributed by atoms with Crippen LogP contribution in [-0.4, -0.2) is 17.5 Å². The number of hydrogen-bond acceptors (Lipinski definition) is 5. The van der Waals surface area contributed by atoms with E-state index in [2.05, 4.69) is 24.9 Å². The third-order valence-corrected chi connectivity index (χ3v) is 4.97. The number of hydrogen-bond donors (Lipinski definition) is 2. The first-order valence-corrected chi connectivity index (χ1v) is 8.46. The highest BCUT2D eigenvalue weighted by Crippen LogP contribution is 2.59. The number of pyridine rings is 1. The molecule has 1 aliphatic carbocycles. The summed E-state index contributed by atoms with van der Waals surface area (Å²) in [6.45, 7) is 6.17. The second kappa shape index (κ2) is 6.34. The van der Waals surface area contributed by atoms with Crippen molar-refractivity contribution < 1.29 is 9.53 Å². The summed E-state index contributed by atoms with van der Waals surface area (Å²) in [5.74, 6) is 0.545. The van der Waals surface area contributed by atoms with Crippen molar-refractivity contribution in [2.24, 2.45) is 11.1 Å². The number of carbonyl (C=O) groups excluding carboxylic acids is 1. The van der Waals surface area contributed by atoms with Gasteiger partial charge in [0.05, 0.1) is 5.69 Å². The van der Waals surface area contributed by atoms with Crippen LogP contribution in [0.4, 0.5) is 5.82 Å². The first-order valence-electron chi connectivity index (χ1n) is 8.46. The number of aromatic nitrogens is 1. The zero-order valence-electron chi connectivity index (χ0n) is 15.2. The molecule has 1 atom stereocenters. The zero-order valence-corrected chi connectivity index (χ0v) is 15.2. The van der Waals surface area contributed by atoms with Gasteiger partial charge in [-0.2, -0.15) is 5.26 Å². The Balaban J connectivity index is 2.11. The highest BCUT2D eigenvalue weighted by atomic mass is 16.5. The van der Waals surface area contributed by atoms with E-state index in [0.29, 0.717) is 17.2 Å². The molecule has 1 aliphatic rings. The fourth-order valence-electron chi connectivity index (χ4n) is 3.36. The molecule has 1 aromatic heterocycles. The molecule has 26 heavy (non-hydrogen) atoms. The summed E-state index contributed by atoms with van der Waals surface area (Å²) in [6, 6.07) is 9.40. The van der Waals surface area contributed by atoms with Crippen molar-refractivity contribution in [3.63, 3.8) is 0 Å². The lowest BCUT2D eigenvalue weighted by molar-refractivity contribution is -0.119. The molecule has 0 bridgehead atoms. The van der Waals surface area contributed by atoms with E-state index in [0.717, 1.165) is 28.8 Å². The van der Waals surface area contributed by atoms with Crippen LogP contribution >= 0.6 is 0 Å². The first-order chi connectivity index (χ1) is 12.2. The third kappa shape index (κ3) is 3.21. The molecule has 1 amide bonds. The largest absolute Gasteiger partial charge is 0.484 e. The van der Waals surface area contributed by atoms with Crippen LogP contribution < -0.4 is 16.2 Å². The molecular weight excluding hydrogens is 328 g/mol. The Kier molecular flexibility index (Phi) is 4.33. The number of primary amides is 1. The van der Waals surface area contributed by atoms with Gasteiger partial charge in [0.2, 0.25) is 0 Å². The molecule has 1 aromatic carbocycles. The Morgan fingerprint density at radius 3 is 2.73 bits per heavy atom. The minimum Gasteiger partial charge on any atom is -0.484 e. The van der Waals surface area contributed by atoms with E-state index in [9.17, 15) is 10.1 Å². The van der Waals surface area contributed by atoms with Gasteiger partial charge in [0.1, 0.15) is 23.2 Å². The van der Waals surface area contributed by atoms with Crippen molar-refractivity contribution >= 4 is 11.7 Å². The monoisotopic (exact) mass is 350 g/mol. The maximum atomic E-state index is 10.9. The van der Waals surface area contributed by atoms with Crippen molar-refractivity contribution in [3.05, 3.63) is 41.1 Å². The molecule has 134 valence electrons. The lowest BCUT2D eigenvalue weighted by Gasteiger charge is -2.16. The topological polar surface area (TPSA) is 115 Å². The van der Waals surface area contributed by atoms with Crippen LogP contribution in [0.3, 0.4) is 0 Å². The van der Waals surface area contributed by atoms with Crippen molar-refractivity contribution in [3.8, 4) is 22.9 Å². The van der Waals surface area contributed by atoms with E-state index in [4.69, 9.17) is 16.2 Å². The van der Waals surface area contributed by atoms with Crippen molar-refractivity contribution in [2.75, 3.05) is 12.3 Å². The molecule has 1 heterocycles. The molecule has 4 N–H and O–H groups in total. The van der Waals surface area contributed by atoms with Crippen LogP contribution in [-0.2, 0) is 4.79 Å². The Bertz CT molecular complexity index is 928. The molecule has 2 aromatic rings. The molecule has 0 saturated heterocycles. The maximum Gasteiger partial charge on any atom is 0.255 e. The van der Waals surface area contributed by atoms with Crippen LogP contribution in [0.15, 0.2) is 24.3 Å². The van der Waals surface area contributed by atoms with E-state index >= 15 is 0 Å². The van der Waals surface area contributed by atoms with Crippen LogP contribution in [0.2, 0.25) is 0 Å². The van der Waals surface area contributed by atoms with Gasteiger partial charge in [0.15, 0.2) is 6.61 Å². The molecule has 0 radical (unpaired) electrons. The number of nitrogens with two attached hydrogens (primary N) is 2. The SMILES string of the molecule is Cc1c([C@H]2CC2(C)C)nc(N)c(C#N)c1-c1cccc(OCC(N)=O)c1. The van der Waals surface area contributed by atoms with Gasteiger partial charge in [-0.1, -0.05) is 26.0 Å². The number of amides is 1. The number of carbonyl (C=O) groups is 1. The number of nitrogen functional groups attached to an aromatic ring is 1. The average molecular weight is 350 g/mol. The lowest BCUT2D eigenvalue weighted by Crippen LogP contribution is -2.20. The second-order valence-electron chi connectivity index (χ2n) is 7.40. The van der Waals surface area contributed by atoms with E-state index in [1.165, 1.54) is 0 Å². The van der Waals surface area contributed by atoms with Gasteiger partial charge in [0.25, 0.3) is 5.91 Å². The van der Waals surface area contributed by atoms with Crippen LogP contribution in [0.5, 0.6) is 5.75 Å². The molecule has 0 unspecified atom stereocenters. The van der Waals surface area contributed by atoms with E-state index in [-0.39, 0.29) is 17.8 Å². The highest BCUT2D eigenvalue weighted by molar-refractivity contribution is 5.80. The quantitative estimate of drug-likeness (QED) is 0.860. The molecule has 1 fully saturated rings. The standard InChI is InChI=1S/C20H22N4O2/c1-11-17(12-5-4-6-13(7-12)26-10-16(22)25)14(9-21)19(23)24-18(11)15-8-20(15,2)3/h4-7,15H,8,10H2,1-3H3,(H2,22,25)(H2,23,24)/t15-/m1/s1. The van der Waals surface area contributed by atoms with Crippen molar-refractivity contribution in [1.29, 1.82) is 5.26 Å². The smallest absolute Gasteiger partial charge is 0.255 e. The molecular formula is C20H22N4O2. The molecule has 6 nitrogen and oxygen atoms in total. The van der Waals surface area contributed by atoms with E-state index in [1.807, 2.05) is 19.1 Å². The summed E-state index contributed by atoms with van der Waals surface area (Å²) in [7, 11) is 0. The predicted molar refractivity (Wildman–Crippen MR) is 99.4 cm³/mol. The molecule has 0 spiro atoms. The van der Waals surface area contributed by atoms with Gasteiger partial charge in [-0.15, -0.1) is 0 Å². The minimum atomic E-state index is -0.546. The molecule has 3 rings (SSSR count). The van der Waals surface area contributed by atoms with Gasteiger partial charge in [-0.3, -0.25) is 4.79 Å². The summed E-state index contributed by atoms with van der Waals surface area (Å²) < 4.78 is 5.39. The van der Waals surface area contributed by atoms with Gasteiger partial charge in [0, 0.05) is 11.5 Å². The number of benzene rings is 1. The van der Waals surface area contributed by atoms with E-state index < -0.39 is 5.91 Å². The molecule has 0 aliphatic heterocycles. The Morgan fingerprint density at radius 1 is 1.46 bits per heavy atom. The molecule has 6 heteroatoms. The number of nitrogens with zero attached hydrogens (tertiary/aromatic N) is 2. The summed E-state index contributed by atoms with van der Waals surface area (Å²) in [5.41, 5.74) is 15.3. The van der Waals surface area contributed by atoms with Crippen LogP contribution in [0.25, 0.3) is 11.1 Å². The number of ether oxygens (including phenoxy) is 1. The summed E-state index contributed by atoms with van der Waals surface area (Å²) in [4.78, 5) is 15.5. The Labute approximate surface area is 152 Å². The fourth-order valence-corrected chi connectivity index (χ4v) is 3.36. The Hall–Kier alpha value is -3.07. The second-order valence-corrected chi connectivity index (χ2v) is 7.40. The minimum absolute atomic E-state index is 0.197. The Morgan fingerprint density at radius 2 is 2.15 bits per heavy atom. The van der Waals surface area contributed by atoms with Gasteiger partial charge in [-0.25, -0.2) is 4.98 Å². The average Bonchev–Trinajstić information content (AvgIpc) is 3.22. The van der Waals surface area contributed by atoms with E-state index in [1.54, 1.807) is 12.1 Å². The lowest BCUT2D eigenvalue weighted by atomic mass is 9.92. The van der Waals surface area contributed by atoms with Gasteiger partial charge < -0.3 is 16.2 Å². The molecule has 1 saturated carbocycles. The van der Waals surface area contributed by atoms with Crippen molar-refractivity contribution in [1.82, 2.24) is 4.98 Å². The third-order valence-electron chi connectivity index (χ3n) is 4.97. The van der Waals surface area contributed by atoms with Gasteiger partial charge >= 0.3 is 0 Å². The van der Waals surface area contributed by atoms with Crippen LogP contribution in [0, 0.1) is 23.7 Å². The highest BCUT2D eigenvalue weighted by Gasteiger charge is 2.48. The summed E-state index contributed by atoms with van der Waals surface area (Å²) >= 11 is 0. The fraction of sp³-hybridized carbons (Fsp3) is 0.350. The normalized spacial score (nSPS) is 17.4. The van der Waals surface area contributed by atoms with Gasteiger partial charge in [-0.05, 0) is 42.0 Å². The van der Waals surface area contributed by atoms with Crippen LogP contribution in [0.1, 0.15) is 43.0 Å². The predicted octanol–water partition coefficient (Wildman–Crippen LogP) is 2.89. The summed E-state index contributed by atoms with van der Waals surface area (Å²) in [6.07, 6.45) is 1.05. The number of nitriles is 1.